The van der Waals surface area contributed by atoms with Crippen LogP contribution in [0, 0.1) is 11.8 Å². The Morgan fingerprint density at radius 1 is 1.45 bits per heavy atom. The summed E-state index contributed by atoms with van der Waals surface area (Å²) >= 11 is 0. The lowest BCUT2D eigenvalue weighted by atomic mass is 9.79. The minimum absolute atomic E-state index is 0.0299. The Morgan fingerprint density at radius 3 is 2.73 bits per heavy atom. The number of hydrogen-bond donors (Lipinski definition) is 1. The molecule has 0 aromatic rings. The summed E-state index contributed by atoms with van der Waals surface area (Å²) in [5, 5.41) is 9.60. The van der Waals surface area contributed by atoms with Crippen LogP contribution in [0.1, 0.15) is 46.0 Å². The van der Waals surface area contributed by atoms with Crippen molar-refractivity contribution in [3.63, 3.8) is 0 Å². The predicted octanol–water partition coefficient (Wildman–Crippen LogP) is 2.58. The number of rotatable bonds is 2. The third kappa shape index (κ3) is 2.48. The SMILES string of the molecule is CCC(O)C1CCCC(C)C1. The zero-order valence-electron chi connectivity index (χ0n) is 7.71. The average molecular weight is 156 g/mol. The summed E-state index contributed by atoms with van der Waals surface area (Å²) in [4.78, 5) is 0. The predicted molar refractivity (Wildman–Crippen MR) is 47.4 cm³/mol. The molecule has 0 spiro atoms. The standard InChI is InChI=1S/C10H20O/c1-3-10(11)9-6-4-5-8(2)7-9/h8-11H,3-7H2,1-2H3. The summed E-state index contributed by atoms with van der Waals surface area (Å²) < 4.78 is 0. The van der Waals surface area contributed by atoms with E-state index in [9.17, 15) is 5.11 Å². The van der Waals surface area contributed by atoms with Crippen molar-refractivity contribution in [1.29, 1.82) is 0 Å². The van der Waals surface area contributed by atoms with Gasteiger partial charge in [-0.15, -0.1) is 0 Å². The Hall–Kier alpha value is -0.0400. The molecule has 3 atom stereocenters. The second-order valence-electron chi connectivity index (χ2n) is 4.01. The van der Waals surface area contributed by atoms with Gasteiger partial charge >= 0.3 is 0 Å². The quantitative estimate of drug-likeness (QED) is 0.651. The Bertz CT molecular complexity index is 111. The fraction of sp³-hybridized carbons (Fsp3) is 1.00. The van der Waals surface area contributed by atoms with E-state index in [1.807, 2.05) is 0 Å². The van der Waals surface area contributed by atoms with Crippen molar-refractivity contribution in [3.8, 4) is 0 Å². The first-order valence-corrected chi connectivity index (χ1v) is 4.92. The third-order valence-electron chi connectivity index (χ3n) is 2.94. The third-order valence-corrected chi connectivity index (χ3v) is 2.94. The number of hydrogen-bond acceptors (Lipinski definition) is 1. The van der Waals surface area contributed by atoms with E-state index < -0.39 is 0 Å². The first-order chi connectivity index (χ1) is 5.24. The molecule has 0 bridgehead atoms. The maximum atomic E-state index is 9.60. The number of aliphatic hydroxyl groups is 1. The van der Waals surface area contributed by atoms with E-state index >= 15 is 0 Å². The topological polar surface area (TPSA) is 20.2 Å². The molecule has 1 N–H and O–H groups in total. The molecule has 1 aliphatic carbocycles. The van der Waals surface area contributed by atoms with Gasteiger partial charge in [0.25, 0.3) is 0 Å². The molecule has 1 aliphatic rings. The maximum Gasteiger partial charge on any atom is 0.0565 e. The molecule has 1 rings (SSSR count). The van der Waals surface area contributed by atoms with Crippen LogP contribution in [0.15, 0.2) is 0 Å². The highest BCUT2D eigenvalue weighted by Crippen LogP contribution is 2.31. The van der Waals surface area contributed by atoms with Crippen LogP contribution < -0.4 is 0 Å². The van der Waals surface area contributed by atoms with Crippen LogP contribution in [0.5, 0.6) is 0 Å². The Balaban J connectivity index is 2.33. The van der Waals surface area contributed by atoms with Gasteiger partial charge in [0.05, 0.1) is 6.10 Å². The van der Waals surface area contributed by atoms with Crippen molar-refractivity contribution in [1.82, 2.24) is 0 Å². The molecular formula is C10H20O. The lowest BCUT2D eigenvalue weighted by Gasteiger charge is -2.29. The molecular weight excluding hydrogens is 136 g/mol. The van der Waals surface area contributed by atoms with Crippen LogP contribution in [0.3, 0.4) is 0 Å². The van der Waals surface area contributed by atoms with Crippen molar-refractivity contribution in [2.24, 2.45) is 11.8 Å². The molecule has 0 aliphatic heterocycles. The van der Waals surface area contributed by atoms with Gasteiger partial charge in [-0.2, -0.15) is 0 Å². The summed E-state index contributed by atoms with van der Waals surface area (Å²) in [7, 11) is 0. The van der Waals surface area contributed by atoms with Crippen LogP contribution in [0.4, 0.5) is 0 Å². The Labute approximate surface area is 69.8 Å². The molecule has 1 heteroatoms. The van der Waals surface area contributed by atoms with Crippen LogP contribution in [0.2, 0.25) is 0 Å². The first-order valence-electron chi connectivity index (χ1n) is 4.92. The molecule has 1 saturated carbocycles. The molecule has 0 aromatic heterocycles. The summed E-state index contributed by atoms with van der Waals surface area (Å²) in [5.41, 5.74) is 0. The fourth-order valence-corrected chi connectivity index (χ4v) is 2.16. The molecule has 0 heterocycles. The van der Waals surface area contributed by atoms with Crippen LogP contribution in [0.25, 0.3) is 0 Å². The van der Waals surface area contributed by atoms with Crippen LogP contribution >= 0.6 is 0 Å². The summed E-state index contributed by atoms with van der Waals surface area (Å²) in [5.74, 6) is 1.44. The zero-order valence-corrected chi connectivity index (χ0v) is 7.71. The average Bonchev–Trinajstić information content (AvgIpc) is 2.03. The van der Waals surface area contributed by atoms with Gasteiger partial charge in [0.2, 0.25) is 0 Å². The van der Waals surface area contributed by atoms with Gasteiger partial charge in [0.1, 0.15) is 0 Å². The van der Waals surface area contributed by atoms with E-state index in [0.29, 0.717) is 5.92 Å². The van der Waals surface area contributed by atoms with Crippen molar-refractivity contribution in [2.75, 3.05) is 0 Å². The Morgan fingerprint density at radius 2 is 2.18 bits per heavy atom. The highest BCUT2D eigenvalue weighted by atomic mass is 16.3. The van der Waals surface area contributed by atoms with Crippen molar-refractivity contribution < 1.29 is 5.11 Å². The van der Waals surface area contributed by atoms with Gasteiger partial charge < -0.3 is 5.11 Å². The molecule has 3 unspecified atom stereocenters. The highest BCUT2D eigenvalue weighted by molar-refractivity contribution is 4.75. The van der Waals surface area contributed by atoms with Crippen molar-refractivity contribution in [3.05, 3.63) is 0 Å². The molecule has 0 amide bonds. The lowest BCUT2D eigenvalue weighted by molar-refractivity contribution is 0.0688. The molecule has 0 saturated heterocycles. The van der Waals surface area contributed by atoms with E-state index in [1.54, 1.807) is 0 Å². The van der Waals surface area contributed by atoms with E-state index in [-0.39, 0.29) is 6.10 Å². The fourth-order valence-electron chi connectivity index (χ4n) is 2.16. The minimum Gasteiger partial charge on any atom is -0.393 e. The smallest absolute Gasteiger partial charge is 0.0565 e. The molecule has 66 valence electrons. The molecule has 1 fully saturated rings. The maximum absolute atomic E-state index is 9.60. The number of aliphatic hydroxyl groups excluding tert-OH is 1. The highest BCUT2D eigenvalue weighted by Gasteiger charge is 2.23. The summed E-state index contributed by atoms with van der Waals surface area (Å²) in [6.45, 7) is 4.37. The van der Waals surface area contributed by atoms with Gasteiger partial charge in [-0.25, -0.2) is 0 Å². The zero-order chi connectivity index (χ0) is 8.27. The van der Waals surface area contributed by atoms with Gasteiger partial charge in [-0.1, -0.05) is 26.7 Å². The van der Waals surface area contributed by atoms with Crippen LogP contribution in [-0.2, 0) is 0 Å². The normalized spacial score (nSPS) is 35.2. The second kappa shape index (κ2) is 4.10. The van der Waals surface area contributed by atoms with Gasteiger partial charge in [0, 0.05) is 0 Å². The molecule has 1 nitrogen and oxygen atoms in total. The van der Waals surface area contributed by atoms with Crippen molar-refractivity contribution in [2.45, 2.75) is 52.1 Å². The van der Waals surface area contributed by atoms with E-state index in [0.717, 1.165) is 12.3 Å². The Kier molecular flexibility index (Phi) is 3.38. The summed E-state index contributed by atoms with van der Waals surface area (Å²) in [6, 6.07) is 0. The van der Waals surface area contributed by atoms with E-state index in [1.165, 1.54) is 25.7 Å². The van der Waals surface area contributed by atoms with Gasteiger partial charge in [-0.3, -0.25) is 0 Å². The van der Waals surface area contributed by atoms with Gasteiger partial charge in [0.15, 0.2) is 0 Å². The van der Waals surface area contributed by atoms with Crippen LogP contribution in [-0.4, -0.2) is 11.2 Å². The molecule has 0 aromatic carbocycles. The van der Waals surface area contributed by atoms with Gasteiger partial charge in [-0.05, 0) is 31.1 Å². The lowest BCUT2D eigenvalue weighted by Crippen LogP contribution is -2.25. The summed E-state index contributed by atoms with van der Waals surface area (Å²) in [6.07, 6.45) is 6.08. The minimum atomic E-state index is -0.0299. The molecule has 11 heavy (non-hydrogen) atoms. The first kappa shape index (κ1) is 9.05. The largest absolute Gasteiger partial charge is 0.393 e. The van der Waals surface area contributed by atoms with Crippen molar-refractivity contribution >= 4 is 0 Å². The molecule has 0 radical (unpaired) electrons. The van der Waals surface area contributed by atoms with E-state index in [4.69, 9.17) is 0 Å². The monoisotopic (exact) mass is 156 g/mol. The van der Waals surface area contributed by atoms with E-state index in [2.05, 4.69) is 13.8 Å². The second-order valence-corrected chi connectivity index (χ2v) is 4.01.